The highest BCUT2D eigenvalue weighted by Crippen LogP contribution is 2.38. The molecule has 0 bridgehead atoms. The number of hydrogen-bond acceptors (Lipinski definition) is 6. The van der Waals surface area contributed by atoms with Gasteiger partial charge < -0.3 is 0 Å². The first-order valence-electron chi connectivity index (χ1n) is 9.02. The van der Waals surface area contributed by atoms with Crippen LogP contribution in [0.3, 0.4) is 0 Å². The first-order chi connectivity index (χ1) is 12.9. The van der Waals surface area contributed by atoms with Gasteiger partial charge in [-0.05, 0) is 44.2 Å². The Morgan fingerprint density at radius 3 is 2.63 bits per heavy atom. The number of thiophene rings is 2. The van der Waals surface area contributed by atoms with Crippen LogP contribution in [-0.2, 0) is 16.6 Å². The molecule has 1 saturated carbocycles. The van der Waals surface area contributed by atoms with E-state index in [1.807, 2.05) is 42.8 Å². The molecular formula is C19H22N2O2S4. The number of rotatable bonds is 6. The number of hydrogen-bond donors (Lipinski definition) is 0. The molecule has 0 N–H and O–H groups in total. The van der Waals surface area contributed by atoms with Crippen LogP contribution in [0.5, 0.6) is 0 Å². The lowest BCUT2D eigenvalue weighted by Crippen LogP contribution is -2.38. The molecule has 3 heterocycles. The lowest BCUT2D eigenvalue weighted by molar-refractivity contribution is 0.318. The minimum Gasteiger partial charge on any atom is -0.241 e. The van der Waals surface area contributed by atoms with Crippen LogP contribution in [0, 0.1) is 13.8 Å². The molecule has 0 spiro atoms. The molecule has 3 aromatic rings. The molecular weight excluding hydrogens is 416 g/mol. The van der Waals surface area contributed by atoms with Crippen LogP contribution < -0.4 is 0 Å². The van der Waals surface area contributed by atoms with Gasteiger partial charge in [-0.3, -0.25) is 0 Å². The molecule has 0 aromatic carbocycles. The van der Waals surface area contributed by atoms with Crippen molar-refractivity contribution in [3.63, 3.8) is 0 Å². The van der Waals surface area contributed by atoms with Gasteiger partial charge in [0.15, 0.2) is 0 Å². The van der Waals surface area contributed by atoms with Crippen molar-refractivity contribution in [2.24, 2.45) is 0 Å². The fourth-order valence-corrected chi connectivity index (χ4v) is 8.45. The highest BCUT2D eigenvalue weighted by Gasteiger charge is 2.35. The third-order valence-corrected chi connectivity index (χ3v) is 10.1. The van der Waals surface area contributed by atoms with Gasteiger partial charge in [0.05, 0.1) is 9.77 Å². The maximum absolute atomic E-state index is 13.6. The van der Waals surface area contributed by atoms with Crippen LogP contribution in [0.4, 0.5) is 0 Å². The van der Waals surface area contributed by atoms with Crippen LogP contribution >= 0.6 is 34.0 Å². The molecule has 0 radical (unpaired) electrons. The maximum Gasteiger partial charge on any atom is 0.244 e. The maximum atomic E-state index is 13.6. The van der Waals surface area contributed by atoms with Gasteiger partial charge >= 0.3 is 0 Å². The van der Waals surface area contributed by atoms with Gasteiger partial charge in [-0.1, -0.05) is 18.9 Å². The molecule has 4 rings (SSSR count). The summed E-state index contributed by atoms with van der Waals surface area (Å²) in [6.07, 6.45) is 4.11. The predicted octanol–water partition coefficient (Wildman–Crippen LogP) is 5.68. The van der Waals surface area contributed by atoms with Gasteiger partial charge in [-0.2, -0.15) is 4.31 Å². The molecule has 144 valence electrons. The zero-order valence-electron chi connectivity index (χ0n) is 15.3. The fraction of sp³-hybridized carbons (Fsp3) is 0.421. The Kier molecular flexibility index (Phi) is 5.53. The molecule has 0 unspecified atom stereocenters. The molecule has 1 fully saturated rings. The van der Waals surface area contributed by atoms with E-state index in [9.17, 15) is 8.42 Å². The molecule has 8 heteroatoms. The predicted molar refractivity (Wildman–Crippen MR) is 114 cm³/mol. The average Bonchev–Trinajstić information content (AvgIpc) is 3.40. The fourth-order valence-electron chi connectivity index (χ4n) is 3.58. The van der Waals surface area contributed by atoms with Crippen LogP contribution in [0.2, 0.25) is 0 Å². The zero-order valence-corrected chi connectivity index (χ0v) is 18.6. The molecule has 1 aliphatic rings. The van der Waals surface area contributed by atoms with E-state index >= 15 is 0 Å². The van der Waals surface area contributed by atoms with Gasteiger partial charge in [0.2, 0.25) is 10.0 Å². The van der Waals surface area contributed by atoms with Gasteiger partial charge in [0, 0.05) is 33.4 Å². The summed E-state index contributed by atoms with van der Waals surface area (Å²) in [5.74, 6) is 0. The SMILES string of the molecule is Cc1csc(-c2cc(S(=O)(=O)N(Cc3cccs3)C3CCCC3)c(C)s2)n1. The first kappa shape index (κ1) is 19.3. The van der Waals surface area contributed by atoms with E-state index in [2.05, 4.69) is 4.98 Å². The largest absolute Gasteiger partial charge is 0.244 e. The van der Waals surface area contributed by atoms with Crippen molar-refractivity contribution in [2.75, 3.05) is 0 Å². The lowest BCUT2D eigenvalue weighted by Gasteiger charge is -2.27. The molecule has 0 atom stereocenters. The van der Waals surface area contributed by atoms with E-state index in [1.165, 1.54) is 11.3 Å². The highest BCUT2D eigenvalue weighted by molar-refractivity contribution is 7.89. The third-order valence-electron chi connectivity index (χ3n) is 4.91. The minimum atomic E-state index is -3.54. The molecule has 3 aromatic heterocycles. The number of sulfonamides is 1. The highest BCUT2D eigenvalue weighted by atomic mass is 32.2. The van der Waals surface area contributed by atoms with Crippen molar-refractivity contribution >= 4 is 44.0 Å². The van der Waals surface area contributed by atoms with Gasteiger partial charge in [-0.15, -0.1) is 34.0 Å². The van der Waals surface area contributed by atoms with E-state index in [-0.39, 0.29) is 6.04 Å². The molecule has 27 heavy (non-hydrogen) atoms. The smallest absolute Gasteiger partial charge is 0.241 e. The van der Waals surface area contributed by atoms with Crippen molar-refractivity contribution in [3.05, 3.63) is 44.4 Å². The second kappa shape index (κ2) is 7.75. The van der Waals surface area contributed by atoms with E-state index in [0.717, 1.165) is 51.0 Å². The summed E-state index contributed by atoms with van der Waals surface area (Å²) in [6, 6.07) is 5.93. The molecule has 0 amide bonds. The van der Waals surface area contributed by atoms with E-state index < -0.39 is 10.0 Å². The van der Waals surface area contributed by atoms with Crippen molar-refractivity contribution in [2.45, 2.75) is 57.0 Å². The van der Waals surface area contributed by atoms with E-state index in [4.69, 9.17) is 0 Å². The Bertz CT molecular complexity index is 1010. The quantitative estimate of drug-likeness (QED) is 0.497. The lowest BCUT2D eigenvalue weighted by atomic mass is 10.2. The number of aryl methyl sites for hydroxylation is 2. The average molecular weight is 439 g/mol. The van der Waals surface area contributed by atoms with Crippen molar-refractivity contribution in [1.82, 2.24) is 9.29 Å². The summed E-state index contributed by atoms with van der Waals surface area (Å²) >= 11 is 4.70. The van der Waals surface area contributed by atoms with Crippen LogP contribution in [0.1, 0.15) is 41.1 Å². The summed E-state index contributed by atoms with van der Waals surface area (Å²) < 4.78 is 29.0. The number of thiazole rings is 1. The topological polar surface area (TPSA) is 50.3 Å². The summed E-state index contributed by atoms with van der Waals surface area (Å²) in [7, 11) is -3.54. The normalized spacial score (nSPS) is 15.8. The van der Waals surface area contributed by atoms with Crippen LogP contribution in [0.15, 0.2) is 33.9 Å². The van der Waals surface area contributed by atoms with E-state index in [1.54, 1.807) is 27.0 Å². The summed E-state index contributed by atoms with van der Waals surface area (Å²) in [6.45, 7) is 4.33. The minimum absolute atomic E-state index is 0.0990. The monoisotopic (exact) mass is 438 g/mol. The Balaban J connectivity index is 1.71. The zero-order chi connectivity index (χ0) is 19.0. The summed E-state index contributed by atoms with van der Waals surface area (Å²) in [4.78, 5) is 7.83. The Morgan fingerprint density at radius 1 is 1.22 bits per heavy atom. The Morgan fingerprint density at radius 2 is 2.00 bits per heavy atom. The van der Waals surface area contributed by atoms with Gasteiger partial charge in [-0.25, -0.2) is 13.4 Å². The third kappa shape index (κ3) is 3.91. The van der Waals surface area contributed by atoms with Crippen LogP contribution in [0.25, 0.3) is 9.88 Å². The Labute approximate surface area is 172 Å². The standard InChI is InChI=1S/C19H22N2O2S4/c1-13-12-25-19(20-13)17-10-18(14(2)26-17)27(22,23)21(15-6-3-4-7-15)11-16-8-5-9-24-16/h5,8-10,12,15H,3-4,6-7,11H2,1-2H3. The number of aromatic nitrogens is 1. The molecule has 4 nitrogen and oxygen atoms in total. The Hall–Kier alpha value is -1.06. The van der Waals surface area contributed by atoms with Crippen LogP contribution in [-0.4, -0.2) is 23.7 Å². The second-order valence-electron chi connectivity index (χ2n) is 6.89. The molecule has 1 aliphatic carbocycles. The van der Waals surface area contributed by atoms with E-state index in [0.29, 0.717) is 11.4 Å². The first-order valence-corrected chi connectivity index (χ1v) is 13.0. The van der Waals surface area contributed by atoms with Gasteiger partial charge in [0.25, 0.3) is 0 Å². The van der Waals surface area contributed by atoms with Crippen molar-refractivity contribution in [3.8, 4) is 9.88 Å². The van der Waals surface area contributed by atoms with Crippen molar-refractivity contribution in [1.29, 1.82) is 0 Å². The second-order valence-corrected chi connectivity index (χ2v) is 11.9. The summed E-state index contributed by atoms with van der Waals surface area (Å²) in [5, 5.41) is 4.90. The molecule has 0 aliphatic heterocycles. The summed E-state index contributed by atoms with van der Waals surface area (Å²) in [5.41, 5.74) is 0.968. The molecule has 0 saturated heterocycles. The van der Waals surface area contributed by atoms with Gasteiger partial charge in [0.1, 0.15) is 5.01 Å². The number of nitrogens with zero attached hydrogens (tertiary/aromatic N) is 2. The van der Waals surface area contributed by atoms with Crippen molar-refractivity contribution < 1.29 is 8.42 Å².